The molecule has 1 saturated heterocycles. The lowest BCUT2D eigenvalue weighted by molar-refractivity contribution is -0.138. The number of hydrogen-bond acceptors (Lipinski definition) is 5. The Morgan fingerprint density at radius 3 is 2.24 bits per heavy atom. The van der Waals surface area contributed by atoms with Crippen molar-refractivity contribution >= 4 is 17.4 Å². The Labute approximate surface area is 191 Å². The molecular formula is C22H23F6N3O3. The second-order valence-electron chi connectivity index (χ2n) is 7.70. The number of benzene rings is 1. The monoisotopic (exact) mass is 491 g/mol. The van der Waals surface area contributed by atoms with E-state index in [1.807, 2.05) is 0 Å². The van der Waals surface area contributed by atoms with Crippen molar-refractivity contribution in [3.05, 3.63) is 47.7 Å². The fourth-order valence-electron chi connectivity index (χ4n) is 3.51. The van der Waals surface area contributed by atoms with Crippen molar-refractivity contribution in [1.29, 1.82) is 0 Å². The summed E-state index contributed by atoms with van der Waals surface area (Å²) in [5.74, 6) is -0.508. The molecule has 0 aliphatic carbocycles. The Morgan fingerprint density at radius 2 is 1.68 bits per heavy atom. The zero-order chi connectivity index (χ0) is 24.9. The lowest BCUT2D eigenvalue weighted by Gasteiger charge is -2.32. The van der Waals surface area contributed by atoms with Gasteiger partial charge in [0.05, 0.1) is 23.4 Å². The fraction of sp³-hybridized carbons (Fsp3) is 0.455. The van der Waals surface area contributed by atoms with E-state index >= 15 is 0 Å². The second kappa shape index (κ2) is 10.5. The van der Waals surface area contributed by atoms with Gasteiger partial charge in [0.15, 0.2) is 0 Å². The van der Waals surface area contributed by atoms with Crippen molar-refractivity contribution in [1.82, 2.24) is 4.98 Å². The van der Waals surface area contributed by atoms with E-state index in [1.165, 1.54) is 13.2 Å². The SMILES string of the molecule is COCCOc1ccc(C(F)(F)F)cc1NC(=O)C1CCN(c2ccc(C(F)(F)F)cn2)CC1. The molecule has 2 heterocycles. The molecule has 0 spiro atoms. The van der Waals surface area contributed by atoms with Crippen LogP contribution in [-0.4, -0.2) is 44.3 Å². The van der Waals surface area contributed by atoms with E-state index < -0.39 is 35.3 Å². The van der Waals surface area contributed by atoms with Crippen molar-refractivity contribution < 1.29 is 40.6 Å². The van der Waals surface area contributed by atoms with Gasteiger partial charge >= 0.3 is 12.4 Å². The Kier molecular flexibility index (Phi) is 7.90. The molecule has 34 heavy (non-hydrogen) atoms. The number of carbonyl (C=O) groups is 1. The summed E-state index contributed by atoms with van der Waals surface area (Å²) >= 11 is 0. The summed E-state index contributed by atoms with van der Waals surface area (Å²) in [5.41, 5.74) is -1.87. The van der Waals surface area contributed by atoms with Gasteiger partial charge in [-0.2, -0.15) is 26.3 Å². The molecule has 0 saturated carbocycles. The van der Waals surface area contributed by atoms with Gasteiger partial charge in [-0.15, -0.1) is 0 Å². The van der Waals surface area contributed by atoms with Crippen LogP contribution in [-0.2, 0) is 21.9 Å². The predicted molar refractivity (Wildman–Crippen MR) is 112 cm³/mol. The third kappa shape index (κ3) is 6.52. The Hall–Kier alpha value is -3.02. The molecule has 1 aromatic heterocycles. The van der Waals surface area contributed by atoms with E-state index in [2.05, 4.69) is 10.3 Å². The number of hydrogen-bond donors (Lipinski definition) is 1. The lowest BCUT2D eigenvalue weighted by atomic mass is 9.95. The number of amides is 1. The second-order valence-corrected chi connectivity index (χ2v) is 7.70. The van der Waals surface area contributed by atoms with Crippen LogP contribution in [0.1, 0.15) is 24.0 Å². The number of pyridine rings is 1. The molecule has 6 nitrogen and oxygen atoms in total. The number of nitrogens with zero attached hydrogens (tertiary/aromatic N) is 2. The number of rotatable bonds is 7. The maximum Gasteiger partial charge on any atom is 0.417 e. The average Bonchev–Trinajstić information content (AvgIpc) is 2.79. The summed E-state index contributed by atoms with van der Waals surface area (Å²) in [5, 5.41) is 2.53. The van der Waals surface area contributed by atoms with Gasteiger partial charge in [0, 0.05) is 32.3 Å². The molecule has 1 N–H and O–H groups in total. The molecular weight excluding hydrogens is 468 g/mol. The smallest absolute Gasteiger partial charge is 0.417 e. The lowest BCUT2D eigenvalue weighted by Crippen LogP contribution is -2.38. The van der Waals surface area contributed by atoms with Crippen LogP contribution in [0.2, 0.25) is 0 Å². The third-order valence-electron chi connectivity index (χ3n) is 5.37. The average molecular weight is 491 g/mol. The molecule has 1 aliphatic heterocycles. The van der Waals surface area contributed by atoms with Gasteiger partial charge in [-0.1, -0.05) is 0 Å². The predicted octanol–water partition coefficient (Wildman–Crippen LogP) is 5.00. The van der Waals surface area contributed by atoms with Crippen LogP contribution in [0.3, 0.4) is 0 Å². The number of nitrogens with one attached hydrogen (secondary N) is 1. The minimum Gasteiger partial charge on any atom is -0.489 e. The Bertz CT molecular complexity index is 971. The van der Waals surface area contributed by atoms with Crippen molar-refractivity contribution in [2.45, 2.75) is 25.2 Å². The number of halogens is 6. The van der Waals surface area contributed by atoms with Gasteiger partial charge in [0.1, 0.15) is 18.2 Å². The molecule has 1 aliphatic rings. The van der Waals surface area contributed by atoms with E-state index in [1.54, 1.807) is 4.90 Å². The largest absolute Gasteiger partial charge is 0.489 e. The number of piperidine rings is 1. The maximum atomic E-state index is 13.1. The summed E-state index contributed by atoms with van der Waals surface area (Å²) in [6.45, 7) is 1.01. The first-order valence-corrected chi connectivity index (χ1v) is 10.4. The molecule has 1 amide bonds. The highest BCUT2D eigenvalue weighted by atomic mass is 19.4. The molecule has 1 aromatic carbocycles. The number of ether oxygens (including phenoxy) is 2. The third-order valence-corrected chi connectivity index (χ3v) is 5.37. The first kappa shape index (κ1) is 25.6. The zero-order valence-corrected chi connectivity index (χ0v) is 18.2. The van der Waals surface area contributed by atoms with Crippen LogP contribution in [0.5, 0.6) is 5.75 Å². The van der Waals surface area contributed by atoms with E-state index in [0.717, 1.165) is 30.5 Å². The van der Waals surface area contributed by atoms with Gasteiger partial charge in [0.25, 0.3) is 0 Å². The summed E-state index contributed by atoms with van der Waals surface area (Å²) in [6.07, 6.45) is -7.61. The summed E-state index contributed by atoms with van der Waals surface area (Å²) in [4.78, 5) is 18.4. The normalized spacial score (nSPS) is 15.3. The Balaban J connectivity index is 1.65. The fourth-order valence-corrected chi connectivity index (χ4v) is 3.51. The Morgan fingerprint density at radius 1 is 1.03 bits per heavy atom. The summed E-state index contributed by atoms with van der Waals surface area (Å²) < 4.78 is 87.9. The van der Waals surface area contributed by atoms with Crippen LogP contribution in [0, 0.1) is 5.92 Å². The molecule has 0 atom stereocenters. The van der Waals surface area contributed by atoms with Crippen molar-refractivity contribution in [3.8, 4) is 5.75 Å². The van der Waals surface area contributed by atoms with E-state index in [9.17, 15) is 31.1 Å². The highest BCUT2D eigenvalue weighted by molar-refractivity contribution is 5.94. The highest BCUT2D eigenvalue weighted by Crippen LogP contribution is 2.36. The van der Waals surface area contributed by atoms with Crippen LogP contribution < -0.4 is 15.0 Å². The van der Waals surface area contributed by atoms with Crippen LogP contribution in [0.15, 0.2) is 36.5 Å². The summed E-state index contributed by atoms with van der Waals surface area (Å²) in [6, 6.07) is 5.05. The van der Waals surface area contributed by atoms with Crippen molar-refractivity contribution in [2.75, 3.05) is 43.6 Å². The van der Waals surface area contributed by atoms with Gasteiger partial charge < -0.3 is 19.7 Å². The van der Waals surface area contributed by atoms with Crippen molar-refractivity contribution in [3.63, 3.8) is 0 Å². The topological polar surface area (TPSA) is 63.7 Å². The van der Waals surface area contributed by atoms with E-state index in [0.29, 0.717) is 31.7 Å². The van der Waals surface area contributed by atoms with E-state index in [-0.39, 0.29) is 24.7 Å². The van der Waals surface area contributed by atoms with Crippen LogP contribution >= 0.6 is 0 Å². The number of anilines is 2. The minimum absolute atomic E-state index is 0.0866. The molecule has 1 fully saturated rings. The molecule has 0 unspecified atom stereocenters. The molecule has 0 bridgehead atoms. The highest BCUT2D eigenvalue weighted by Gasteiger charge is 2.33. The standard InChI is InChI=1S/C22H23F6N3O3/c1-33-10-11-34-18-4-2-15(21(23,24)25)12-17(18)30-20(32)14-6-8-31(9-7-14)19-5-3-16(13-29-19)22(26,27)28/h2-5,12-14H,6-11H2,1H3,(H,30,32). The van der Waals surface area contributed by atoms with Gasteiger partial charge in [-0.3, -0.25) is 4.79 Å². The maximum absolute atomic E-state index is 13.1. The number of carbonyl (C=O) groups excluding carboxylic acids is 1. The molecule has 12 heteroatoms. The zero-order valence-electron chi connectivity index (χ0n) is 18.2. The number of aromatic nitrogens is 1. The van der Waals surface area contributed by atoms with E-state index in [4.69, 9.17) is 9.47 Å². The van der Waals surface area contributed by atoms with Gasteiger partial charge in [-0.25, -0.2) is 4.98 Å². The molecule has 2 aromatic rings. The van der Waals surface area contributed by atoms with Gasteiger partial charge in [0.2, 0.25) is 5.91 Å². The van der Waals surface area contributed by atoms with Crippen LogP contribution in [0.25, 0.3) is 0 Å². The molecule has 186 valence electrons. The minimum atomic E-state index is -4.59. The summed E-state index contributed by atoms with van der Waals surface area (Å²) in [7, 11) is 1.45. The van der Waals surface area contributed by atoms with Crippen molar-refractivity contribution in [2.24, 2.45) is 5.92 Å². The first-order chi connectivity index (χ1) is 16.0. The van der Waals surface area contributed by atoms with Crippen LogP contribution in [0.4, 0.5) is 37.8 Å². The number of alkyl halides is 6. The molecule has 3 rings (SSSR count). The first-order valence-electron chi connectivity index (χ1n) is 10.4. The molecule has 0 radical (unpaired) electrons. The number of methoxy groups -OCH3 is 1. The van der Waals surface area contributed by atoms with Gasteiger partial charge in [-0.05, 0) is 43.2 Å². The quantitative estimate of drug-likeness (QED) is 0.436.